The first-order chi connectivity index (χ1) is 10.4. The molecule has 1 aromatic carbocycles. The highest BCUT2D eigenvalue weighted by molar-refractivity contribution is 5.31. The average molecular weight is 287 g/mol. The molecule has 1 aromatic heterocycles. The SMILES string of the molecule is COCCNCc1nc(C2CCc3ccccc3C2)no1. The van der Waals surface area contributed by atoms with Gasteiger partial charge in [0.15, 0.2) is 5.82 Å². The zero-order valence-electron chi connectivity index (χ0n) is 12.3. The van der Waals surface area contributed by atoms with Crippen LogP contribution in [0.3, 0.4) is 0 Å². The smallest absolute Gasteiger partial charge is 0.240 e. The van der Waals surface area contributed by atoms with Crippen molar-refractivity contribution in [1.82, 2.24) is 15.5 Å². The standard InChI is InChI=1S/C16H21N3O2/c1-20-9-8-17-11-15-18-16(19-21-15)14-7-6-12-4-2-3-5-13(12)10-14/h2-5,14,17H,6-11H2,1H3. The summed E-state index contributed by atoms with van der Waals surface area (Å²) in [4.78, 5) is 4.52. The number of rotatable bonds is 6. The molecule has 21 heavy (non-hydrogen) atoms. The summed E-state index contributed by atoms with van der Waals surface area (Å²) >= 11 is 0. The van der Waals surface area contributed by atoms with E-state index in [1.54, 1.807) is 7.11 Å². The van der Waals surface area contributed by atoms with Crippen LogP contribution in [0.2, 0.25) is 0 Å². The molecule has 1 unspecified atom stereocenters. The first kappa shape index (κ1) is 14.2. The van der Waals surface area contributed by atoms with Gasteiger partial charge in [-0.05, 0) is 30.4 Å². The molecule has 1 heterocycles. The third-order valence-electron chi connectivity index (χ3n) is 3.95. The topological polar surface area (TPSA) is 60.2 Å². The van der Waals surface area contributed by atoms with Crippen LogP contribution in [-0.2, 0) is 24.1 Å². The van der Waals surface area contributed by atoms with Crippen molar-refractivity contribution in [3.63, 3.8) is 0 Å². The molecule has 0 radical (unpaired) electrons. The summed E-state index contributed by atoms with van der Waals surface area (Å²) in [5, 5.41) is 7.37. The Morgan fingerprint density at radius 2 is 2.19 bits per heavy atom. The normalized spacial score (nSPS) is 17.7. The molecule has 1 N–H and O–H groups in total. The molecule has 0 saturated carbocycles. The van der Waals surface area contributed by atoms with Crippen LogP contribution in [0.25, 0.3) is 0 Å². The zero-order chi connectivity index (χ0) is 14.5. The monoisotopic (exact) mass is 287 g/mol. The fourth-order valence-electron chi connectivity index (χ4n) is 2.79. The second kappa shape index (κ2) is 6.83. The summed E-state index contributed by atoms with van der Waals surface area (Å²) in [5.74, 6) is 1.87. The second-order valence-electron chi connectivity index (χ2n) is 5.42. The molecule has 0 amide bonds. The van der Waals surface area contributed by atoms with Crippen LogP contribution in [0.5, 0.6) is 0 Å². The van der Waals surface area contributed by atoms with Gasteiger partial charge in [0.05, 0.1) is 13.2 Å². The number of nitrogens with zero attached hydrogens (tertiary/aromatic N) is 2. The Morgan fingerprint density at radius 3 is 3.05 bits per heavy atom. The van der Waals surface area contributed by atoms with Gasteiger partial charge in [-0.3, -0.25) is 0 Å². The quantitative estimate of drug-likeness (QED) is 0.824. The minimum Gasteiger partial charge on any atom is -0.383 e. The van der Waals surface area contributed by atoms with Crippen molar-refractivity contribution in [3.8, 4) is 0 Å². The molecule has 3 rings (SSSR count). The van der Waals surface area contributed by atoms with E-state index in [2.05, 4.69) is 39.7 Å². The molecule has 112 valence electrons. The van der Waals surface area contributed by atoms with E-state index in [0.29, 0.717) is 25.0 Å². The fourth-order valence-corrected chi connectivity index (χ4v) is 2.79. The van der Waals surface area contributed by atoms with Gasteiger partial charge in [0.2, 0.25) is 5.89 Å². The Morgan fingerprint density at radius 1 is 1.33 bits per heavy atom. The lowest BCUT2D eigenvalue weighted by molar-refractivity contribution is 0.197. The molecule has 0 bridgehead atoms. The fraction of sp³-hybridized carbons (Fsp3) is 0.500. The van der Waals surface area contributed by atoms with Crippen LogP contribution < -0.4 is 5.32 Å². The molecule has 0 saturated heterocycles. The first-order valence-corrected chi connectivity index (χ1v) is 7.45. The number of aromatic nitrogens is 2. The van der Waals surface area contributed by atoms with Crippen LogP contribution in [0.1, 0.15) is 35.2 Å². The van der Waals surface area contributed by atoms with Gasteiger partial charge in [-0.15, -0.1) is 0 Å². The summed E-state index contributed by atoms with van der Waals surface area (Å²) in [7, 11) is 1.69. The van der Waals surface area contributed by atoms with Crippen molar-refractivity contribution < 1.29 is 9.26 Å². The van der Waals surface area contributed by atoms with Gasteiger partial charge in [-0.1, -0.05) is 29.4 Å². The van der Waals surface area contributed by atoms with Gasteiger partial charge in [0, 0.05) is 19.6 Å². The molecule has 1 aliphatic rings. The largest absolute Gasteiger partial charge is 0.383 e. The Kier molecular flexibility index (Phi) is 4.62. The maximum Gasteiger partial charge on any atom is 0.240 e. The third-order valence-corrected chi connectivity index (χ3v) is 3.95. The second-order valence-corrected chi connectivity index (χ2v) is 5.42. The van der Waals surface area contributed by atoms with Gasteiger partial charge in [0.1, 0.15) is 0 Å². The van der Waals surface area contributed by atoms with Crippen LogP contribution in [0.15, 0.2) is 28.8 Å². The van der Waals surface area contributed by atoms with E-state index in [4.69, 9.17) is 9.26 Å². The third kappa shape index (κ3) is 3.49. The highest BCUT2D eigenvalue weighted by Crippen LogP contribution is 2.30. The number of fused-ring (bicyclic) bond motifs is 1. The zero-order valence-corrected chi connectivity index (χ0v) is 12.3. The lowest BCUT2D eigenvalue weighted by atomic mass is 9.83. The summed E-state index contributed by atoms with van der Waals surface area (Å²) in [6, 6.07) is 8.63. The predicted molar refractivity (Wildman–Crippen MR) is 79.1 cm³/mol. The van der Waals surface area contributed by atoms with E-state index in [1.807, 2.05) is 0 Å². The Hall–Kier alpha value is -1.72. The maximum absolute atomic E-state index is 5.32. The van der Waals surface area contributed by atoms with Crippen molar-refractivity contribution in [2.24, 2.45) is 0 Å². The van der Waals surface area contributed by atoms with E-state index in [0.717, 1.165) is 31.6 Å². The van der Waals surface area contributed by atoms with Gasteiger partial charge in [-0.25, -0.2) is 0 Å². The van der Waals surface area contributed by atoms with E-state index < -0.39 is 0 Å². The summed E-state index contributed by atoms with van der Waals surface area (Å²) in [6.07, 6.45) is 3.19. The van der Waals surface area contributed by atoms with E-state index >= 15 is 0 Å². The number of aryl methyl sites for hydroxylation is 1. The molecular formula is C16H21N3O2. The highest BCUT2D eigenvalue weighted by atomic mass is 16.5. The van der Waals surface area contributed by atoms with Crippen LogP contribution in [0.4, 0.5) is 0 Å². The maximum atomic E-state index is 5.32. The molecule has 0 aliphatic heterocycles. The van der Waals surface area contributed by atoms with Crippen LogP contribution >= 0.6 is 0 Å². The highest BCUT2D eigenvalue weighted by Gasteiger charge is 2.23. The molecule has 0 spiro atoms. The number of methoxy groups -OCH3 is 1. The molecule has 2 aromatic rings. The van der Waals surface area contributed by atoms with E-state index in [-0.39, 0.29) is 0 Å². The minimum absolute atomic E-state index is 0.372. The summed E-state index contributed by atoms with van der Waals surface area (Å²) in [6.45, 7) is 2.06. The number of hydrogen-bond acceptors (Lipinski definition) is 5. The van der Waals surface area contributed by atoms with Crippen molar-refractivity contribution >= 4 is 0 Å². The summed E-state index contributed by atoms with van der Waals surface area (Å²) < 4.78 is 10.3. The number of benzene rings is 1. The lowest BCUT2D eigenvalue weighted by Crippen LogP contribution is -2.19. The van der Waals surface area contributed by atoms with Gasteiger partial charge >= 0.3 is 0 Å². The lowest BCUT2D eigenvalue weighted by Gasteiger charge is -2.21. The average Bonchev–Trinajstić information content (AvgIpc) is 3.00. The van der Waals surface area contributed by atoms with Gasteiger partial charge in [0.25, 0.3) is 0 Å². The molecule has 5 nitrogen and oxygen atoms in total. The Bertz CT molecular complexity index is 582. The first-order valence-electron chi connectivity index (χ1n) is 7.45. The van der Waals surface area contributed by atoms with Gasteiger partial charge < -0.3 is 14.6 Å². The number of hydrogen-bond donors (Lipinski definition) is 1. The van der Waals surface area contributed by atoms with Crippen molar-refractivity contribution in [2.75, 3.05) is 20.3 Å². The van der Waals surface area contributed by atoms with Crippen LogP contribution in [-0.4, -0.2) is 30.4 Å². The van der Waals surface area contributed by atoms with Crippen molar-refractivity contribution in [3.05, 3.63) is 47.1 Å². The molecule has 0 fully saturated rings. The number of nitrogens with one attached hydrogen (secondary N) is 1. The minimum atomic E-state index is 0.372. The van der Waals surface area contributed by atoms with Crippen molar-refractivity contribution in [2.45, 2.75) is 31.7 Å². The van der Waals surface area contributed by atoms with E-state index in [9.17, 15) is 0 Å². The van der Waals surface area contributed by atoms with Gasteiger partial charge in [-0.2, -0.15) is 4.98 Å². The Balaban J connectivity index is 1.59. The van der Waals surface area contributed by atoms with Crippen molar-refractivity contribution in [1.29, 1.82) is 0 Å². The molecule has 5 heteroatoms. The molecular weight excluding hydrogens is 266 g/mol. The van der Waals surface area contributed by atoms with Crippen LogP contribution in [0, 0.1) is 0 Å². The molecule has 1 atom stereocenters. The number of ether oxygens (including phenoxy) is 1. The predicted octanol–water partition coefficient (Wildman–Crippen LogP) is 2.08. The molecule has 1 aliphatic carbocycles. The Labute approximate surface area is 124 Å². The van der Waals surface area contributed by atoms with E-state index in [1.165, 1.54) is 11.1 Å². The summed E-state index contributed by atoms with van der Waals surface area (Å²) in [5.41, 5.74) is 2.87.